The summed E-state index contributed by atoms with van der Waals surface area (Å²) in [4.78, 5) is 18.9. The Morgan fingerprint density at radius 2 is 2.47 bits per heavy atom. The van der Waals surface area contributed by atoms with Crippen molar-refractivity contribution < 1.29 is 9.32 Å². The quantitative estimate of drug-likeness (QED) is 0.841. The largest absolute Gasteiger partial charge is 0.351 e. The summed E-state index contributed by atoms with van der Waals surface area (Å²) >= 11 is 0. The predicted molar refractivity (Wildman–Crippen MR) is 60.3 cm³/mol. The van der Waals surface area contributed by atoms with Crippen LogP contribution in [0.4, 0.5) is 0 Å². The molecule has 0 bridgehead atoms. The topological polar surface area (TPSA) is 83.8 Å². The average molecular weight is 234 g/mol. The highest BCUT2D eigenvalue weighted by Crippen LogP contribution is 2.12. The summed E-state index contributed by atoms with van der Waals surface area (Å²) in [5, 5.41) is 6.51. The number of nitrogens with one attached hydrogen (secondary N) is 2. The molecule has 0 saturated carbocycles. The first-order valence-electron chi connectivity index (χ1n) is 5.44. The number of carbonyl (C=O) groups excluding carboxylic acids is 1. The van der Waals surface area contributed by atoms with Gasteiger partial charge in [-0.05, 0) is 13.3 Å². The molecule has 6 nitrogen and oxygen atoms in total. The van der Waals surface area contributed by atoms with E-state index in [1.165, 1.54) is 0 Å². The lowest BCUT2D eigenvalue weighted by atomic mass is 10.2. The molecule has 2 N–H and O–H groups in total. The van der Waals surface area contributed by atoms with E-state index in [-0.39, 0.29) is 17.7 Å². The van der Waals surface area contributed by atoms with Crippen LogP contribution < -0.4 is 5.32 Å². The second-order valence-electron chi connectivity index (χ2n) is 3.74. The fourth-order valence-electron chi connectivity index (χ4n) is 1.53. The number of H-pyrrole nitrogens is 1. The highest BCUT2D eigenvalue weighted by molar-refractivity contribution is 5.91. The molecule has 0 aliphatic heterocycles. The lowest BCUT2D eigenvalue weighted by Gasteiger charge is -2.12. The number of imidazole rings is 1. The van der Waals surface area contributed by atoms with E-state index in [1.54, 1.807) is 25.4 Å². The molecule has 1 unspecified atom stereocenters. The summed E-state index contributed by atoms with van der Waals surface area (Å²) in [5.41, 5.74) is 0.682. The molecule has 1 amide bonds. The molecule has 1 atom stereocenters. The summed E-state index contributed by atoms with van der Waals surface area (Å²) in [7, 11) is 0. The molecule has 0 aliphatic carbocycles. The number of hydrogen-bond acceptors (Lipinski definition) is 4. The smallest absolute Gasteiger partial charge is 0.290 e. The second kappa shape index (κ2) is 4.82. The second-order valence-corrected chi connectivity index (χ2v) is 3.74. The van der Waals surface area contributed by atoms with Crippen molar-refractivity contribution in [2.75, 3.05) is 0 Å². The van der Waals surface area contributed by atoms with Gasteiger partial charge in [0.2, 0.25) is 5.76 Å². The van der Waals surface area contributed by atoms with Crippen LogP contribution in [0.1, 0.15) is 41.5 Å². The Bertz CT molecular complexity index is 489. The lowest BCUT2D eigenvalue weighted by Crippen LogP contribution is -2.28. The van der Waals surface area contributed by atoms with E-state index in [4.69, 9.17) is 4.52 Å². The number of aryl methyl sites for hydroxylation is 1. The number of rotatable bonds is 4. The van der Waals surface area contributed by atoms with Crippen LogP contribution in [0.25, 0.3) is 0 Å². The number of amides is 1. The van der Waals surface area contributed by atoms with Crippen LogP contribution in [0.3, 0.4) is 0 Å². The number of aromatic amines is 1. The van der Waals surface area contributed by atoms with E-state index in [9.17, 15) is 4.79 Å². The van der Waals surface area contributed by atoms with Crippen molar-refractivity contribution in [3.8, 4) is 0 Å². The molecule has 0 saturated heterocycles. The summed E-state index contributed by atoms with van der Waals surface area (Å²) < 4.78 is 4.90. The van der Waals surface area contributed by atoms with Crippen molar-refractivity contribution in [3.05, 3.63) is 35.7 Å². The molecule has 2 aromatic rings. The summed E-state index contributed by atoms with van der Waals surface area (Å²) in [5.74, 6) is 0.665. The molecule has 0 aromatic carbocycles. The lowest BCUT2D eigenvalue weighted by molar-refractivity contribution is 0.0896. The van der Waals surface area contributed by atoms with Crippen molar-refractivity contribution in [2.45, 2.75) is 26.3 Å². The highest BCUT2D eigenvalue weighted by atomic mass is 16.5. The van der Waals surface area contributed by atoms with Gasteiger partial charge in [-0.1, -0.05) is 12.1 Å². The first-order valence-corrected chi connectivity index (χ1v) is 5.44. The molecule has 2 aromatic heterocycles. The number of aromatic nitrogens is 3. The van der Waals surface area contributed by atoms with Gasteiger partial charge in [0.25, 0.3) is 5.91 Å². The SMILES string of the molecule is CCC(NC(=O)c1cc(C)no1)c1ncc[nH]1. The Labute approximate surface area is 98.4 Å². The minimum absolute atomic E-state index is 0.150. The molecule has 6 heteroatoms. The van der Waals surface area contributed by atoms with Crippen LogP contribution >= 0.6 is 0 Å². The Hall–Kier alpha value is -2.11. The Balaban J connectivity index is 2.07. The molecule has 0 radical (unpaired) electrons. The third-order valence-corrected chi connectivity index (χ3v) is 2.41. The van der Waals surface area contributed by atoms with Crippen LogP contribution in [-0.4, -0.2) is 21.0 Å². The maximum atomic E-state index is 11.8. The van der Waals surface area contributed by atoms with E-state index >= 15 is 0 Å². The van der Waals surface area contributed by atoms with Crippen molar-refractivity contribution in [1.82, 2.24) is 20.4 Å². The molecule has 0 aliphatic rings. The minimum Gasteiger partial charge on any atom is -0.351 e. The van der Waals surface area contributed by atoms with Gasteiger partial charge in [0.15, 0.2) is 0 Å². The number of hydrogen-bond donors (Lipinski definition) is 2. The van der Waals surface area contributed by atoms with E-state index in [0.717, 1.165) is 12.2 Å². The van der Waals surface area contributed by atoms with Gasteiger partial charge < -0.3 is 14.8 Å². The third-order valence-electron chi connectivity index (χ3n) is 2.41. The van der Waals surface area contributed by atoms with Crippen LogP contribution in [0.2, 0.25) is 0 Å². The first-order chi connectivity index (χ1) is 8.20. The van der Waals surface area contributed by atoms with Crippen molar-refractivity contribution in [2.24, 2.45) is 0 Å². The average Bonchev–Trinajstić information content (AvgIpc) is 2.96. The molecule has 2 heterocycles. The molecule has 90 valence electrons. The first kappa shape index (κ1) is 11.4. The third kappa shape index (κ3) is 2.52. The number of carbonyl (C=O) groups is 1. The summed E-state index contributed by atoms with van der Waals surface area (Å²) in [6.07, 6.45) is 4.12. The molecule has 0 spiro atoms. The predicted octanol–water partition coefficient (Wildman–Crippen LogP) is 1.59. The molecular formula is C11H14N4O2. The Kier molecular flexibility index (Phi) is 3.22. The molecule has 2 rings (SSSR count). The fraction of sp³-hybridized carbons (Fsp3) is 0.364. The van der Waals surface area contributed by atoms with Gasteiger partial charge in [-0.3, -0.25) is 4.79 Å². The Morgan fingerprint density at radius 3 is 3.00 bits per heavy atom. The van der Waals surface area contributed by atoms with Crippen LogP contribution in [0.15, 0.2) is 23.0 Å². The van der Waals surface area contributed by atoms with E-state index in [1.807, 2.05) is 6.92 Å². The van der Waals surface area contributed by atoms with Gasteiger partial charge in [0.05, 0.1) is 11.7 Å². The van der Waals surface area contributed by atoms with Gasteiger partial charge in [0.1, 0.15) is 5.82 Å². The monoisotopic (exact) mass is 234 g/mol. The van der Waals surface area contributed by atoms with E-state index in [2.05, 4.69) is 20.4 Å². The van der Waals surface area contributed by atoms with Crippen LogP contribution in [-0.2, 0) is 0 Å². The van der Waals surface area contributed by atoms with E-state index < -0.39 is 0 Å². The van der Waals surface area contributed by atoms with E-state index in [0.29, 0.717) is 5.69 Å². The van der Waals surface area contributed by atoms with Crippen LogP contribution in [0, 0.1) is 6.92 Å². The zero-order chi connectivity index (χ0) is 12.3. The maximum Gasteiger partial charge on any atom is 0.290 e. The standard InChI is InChI=1S/C11H14N4O2/c1-3-8(10-12-4-5-13-10)14-11(16)9-6-7(2)15-17-9/h4-6,8H,3H2,1-2H3,(H,12,13)(H,14,16). The van der Waals surface area contributed by atoms with Gasteiger partial charge >= 0.3 is 0 Å². The van der Waals surface area contributed by atoms with Gasteiger partial charge in [-0.25, -0.2) is 4.98 Å². The minimum atomic E-state index is -0.283. The van der Waals surface area contributed by atoms with Gasteiger partial charge in [0, 0.05) is 18.5 Å². The van der Waals surface area contributed by atoms with Crippen molar-refractivity contribution in [1.29, 1.82) is 0 Å². The fourth-order valence-corrected chi connectivity index (χ4v) is 1.53. The maximum absolute atomic E-state index is 11.8. The van der Waals surface area contributed by atoms with Gasteiger partial charge in [-0.2, -0.15) is 0 Å². The van der Waals surface area contributed by atoms with Crippen LogP contribution in [0.5, 0.6) is 0 Å². The highest BCUT2D eigenvalue weighted by Gasteiger charge is 2.18. The molecular weight excluding hydrogens is 220 g/mol. The zero-order valence-corrected chi connectivity index (χ0v) is 9.73. The number of nitrogens with zero attached hydrogens (tertiary/aromatic N) is 2. The summed E-state index contributed by atoms with van der Waals surface area (Å²) in [6, 6.07) is 1.45. The van der Waals surface area contributed by atoms with Crippen molar-refractivity contribution in [3.63, 3.8) is 0 Å². The molecule has 0 fully saturated rings. The molecule has 17 heavy (non-hydrogen) atoms. The van der Waals surface area contributed by atoms with Gasteiger partial charge in [-0.15, -0.1) is 0 Å². The summed E-state index contributed by atoms with van der Waals surface area (Å²) in [6.45, 7) is 3.74. The zero-order valence-electron chi connectivity index (χ0n) is 9.73. The normalized spacial score (nSPS) is 12.4. The Morgan fingerprint density at radius 1 is 1.65 bits per heavy atom. The van der Waals surface area contributed by atoms with Crippen molar-refractivity contribution >= 4 is 5.91 Å².